The van der Waals surface area contributed by atoms with Crippen molar-refractivity contribution >= 4 is 11.0 Å². The van der Waals surface area contributed by atoms with Crippen molar-refractivity contribution in [3.63, 3.8) is 0 Å². The van der Waals surface area contributed by atoms with Gasteiger partial charge in [0.05, 0.1) is 38.4 Å². The van der Waals surface area contributed by atoms with E-state index in [1.54, 1.807) is 24.3 Å². The van der Waals surface area contributed by atoms with Crippen molar-refractivity contribution in [3.8, 4) is 28.4 Å². The molecule has 7 N–H and O–H groups in total. The molecular weight excluding hydrogens is 588 g/mol. The molecule has 15 nitrogen and oxygen atoms in total. The van der Waals surface area contributed by atoms with Gasteiger partial charge in [-0.15, -0.1) is 0 Å². The topological polar surface area (TPSA) is 227 Å². The summed E-state index contributed by atoms with van der Waals surface area (Å²) < 4.78 is 38.8. The van der Waals surface area contributed by atoms with Crippen molar-refractivity contribution in [1.29, 1.82) is 0 Å². The van der Waals surface area contributed by atoms with Gasteiger partial charge in [0.25, 0.3) is 0 Å². The number of hydrogen-bond donors (Lipinski definition) is 7. The maximum absolute atomic E-state index is 13.4. The van der Waals surface area contributed by atoms with Gasteiger partial charge in [-0.2, -0.15) is 0 Å². The Bertz CT molecular complexity index is 1470. The second-order valence-corrected chi connectivity index (χ2v) is 10.3. The quantitative estimate of drug-likeness (QED) is 0.144. The molecule has 44 heavy (non-hydrogen) atoms. The molecule has 0 radical (unpaired) electrons. The van der Waals surface area contributed by atoms with Crippen molar-refractivity contribution in [2.24, 2.45) is 0 Å². The monoisotopic (exact) mass is 622 g/mol. The fourth-order valence-electron chi connectivity index (χ4n) is 5.18. The first-order valence-corrected chi connectivity index (χ1v) is 13.7. The number of methoxy groups -OCH3 is 2. The molecule has 240 valence electrons. The molecular formula is C29H34O15. The van der Waals surface area contributed by atoms with E-state index in [-0.39, 0.29) is 33.5 Å². The summed E-state index contributed by atoms with van der Waals surface area (Å²) in [5.74, 6) is 0.560. The van der Waals surface area contributed by atoms with Gasteiger partial charge in [0.2, 0.25) is 17.5 Å². The number of ether oxygens (including phenoxy) is 6. The zero-order valence-electron chi connectivity index (χ0n) is 23.6. The molecule has 2 aliphatic heterocycles. The van der Waals surface area contributed by atoms with Crippen LogP contribution in [0.3, 0.4) is 0 Å². The summed E-state index contributed by atoms with van der Waals surface area (Å²) in [6.07, 6.45) is -15.0. The van der Waals surface area contributed by atoms with Crippen LogP contribution in [0.25, 0.3) is 22.1 Å². The summed E-state index contributed by atoms with van der Waals surface area (Å²) in [6.45, 7) is -1.46. The van der Waals surface area contributed by atoms with Crippen LogP contribution in [-0.4, -0.2) is 125 Å². The van der Waals surface area contributed by atoms with Crippen LogP contribution in [-0.2, 0) is 14.2 Å². The molecule has 2 aliphatic rings. The van der Waals surface area contributed by atoms with Crippen LogP contribution in [0.5, 0.6) is 17.2 Å². The third-order valence-corrected chi connectivity index (χ3v) is 7.67. The van der Waals surface area contributed by atoms with E-state index in [4.69, 9.17) is 32.8 Å². The third kappa shape index (κ3) is 5.87. The number of rotatable bonds is 9. The molecule has 10 atom stereocenters. The predicted molar refractivity (Wildman–Crippen MR) is 148 cm³/mol. The zero-order chi connectivity index (χ0) is 31.7. The minimum absolute atomic E-state index is 0.0187. The van der Waals surface area contributed by atoms with Gasteiger partial charge in [-0.3, -0.25) is 4.79 Å². The highest BCUT2D eigenvalue weighted by molar-refractivity contribution is 5.88. The minimum Gasteiger partial charge on any atom is -0.497 e. The van der Waals surface area contributed by atoms with Gasteiger partial charge in [0.1, 0.15) is 60.8 Å². The molecule has 0 saturated carbocycles. The zero-order valence-corrected chi connectivity index (χ0v) is 23.6. The number of aliphatic hydroxyl groups excluding tert-OH is 7. The van der Waals surface area contributed by atoms with Crippen molar-refractivity contribution in [1.82, 2.24) is 0 Å². The first-order chi connectivity index (χ1) is 21.1. The molecule has 0 unspecified atom stereocenters. The second kappa shape index (κ2) is 13.3. The lowest BCUT2D eigenvalue weighted by molar-refractivity contribution is -0.352. The van der Waals surface area contributed by atoms with E-state index in [0.29, 0.717) is 11.3 Å². The summed E-state index contributed by atoms with van der Waals surface area (Å²) in [7, 11) is 2.84. The number of hydrogen-bond acceptors (Lipinski definition) is 15. The summed E-state index contributed by atoms with van der Waals surface area (Å²) in [5.41, 5.74) is 0.561. The normalized spacial score (nSPS) is 32.4. The summed E-state index contributed by atoms with van der Waals surface area (Å²) in [4.78, 5) is 13.4. The summed E-state index contributed by atoms with van der Waals surface area (Å²) in [5, 5.41) is 71.9. The molecule has 3 aromatic rings. The Hall–Kier alpha value is -3.35. The molecule has 0 aliphatic carbocycles. The SMILES string of the molecule is COc1ccc(-c2coc3c(OC)c(O[C@@H]4O[C@H](CO)[C@@H](O)[C@H](O[C@@H]5O[C@H](CO)[C@@H](O)[C@H](O)[C@@H]5O)[C@H]4O)ccc3c2=O)cc1. The molecule has 5 rings (SSSR count). The van der Waals surface area contributed by atoms with Crippen LogP contribution in [0.4, 0.5) is 0 Å². The van der Waals surface area contributed by atoms with Gasteiger partial charge in [0, 0.05) is 0 Å². The minimum atomic E-state index is -1.83. The number of aliphatic hydroxyl groups is 7. The van der Waals surface area contributed by atoms with Crippen LogP contribution in [0.15, 0.2) is 51.9 Å². The van der Waals surface area contributed by atoms with Gasteiger partial charge < -0.3 is 68.6 Å². The summed E-state index contributed by atoms with van der Waals surface area (Å²) in [6, 6.07) is 9.65. The fraction of sp³-hybridized carbons (Fsp3) is 0.483. The first-order valence-electron chi connectivity index (χ1n) is 13.7. The van der Waals surface area contributed by atoms with E-state index in [9.17, 15) is 40.5 Å². The highest BCUT2D eigenvalue weighted by atomic mass is 16.7. The Morgan fingerprint density at radius 3 is 2.05 bits per heavy atom. The van der Waals surface area contributed by atoms with Crippen LogP contribution in [0.1, 0.15) is 0 Å². The van der Waals surface area contributed by atoms with E-state index in [1.807, 2.05) is 0 Å². The van der Waals surface area contributed by atoms with E-state index >= 15 is 0 Å². The van der Waals surface area contributed by atoms with Crippen molar-refractivity contribution < 1.29 is 68.6 Å². The predicted octanol–water partition coefficient (Wildman–Crippen LogP) is -1.52. The third-order valence-electron chi connectivity index (χ3n) is 7.67. The molecule has 2 saturated heterocycles. The van der Waals surface area contributed by atoms with E-state index in [1.165, 1.54) is 32.6 Å². The van der Waals surface area contributed by atoms with Gasteiger partial charge in [-0.25, -0.2) is 0 Å². The molecule has 1 aromatic heterocycles. The van der Waals surface area contributed by atoms with E-state index < -0.39 is 74.6 Å². The van der Waals surface area contributed by atoms with Crippen LogP contribution < -0.4 is 19.6 Å². The van der Waals surface area contributed by atoms with Crippen molar-refractivity contribution in [3.05, 3.63) is 52.9 Å². The van der Waals surface area contributed by atoms with Crippen LogP contribution in [0, 0.1) is 0 Å². The number of fused-ring (bicyclic) bond motifs is 1. The summed E-state index contributed by atoms with van der Waals surface area (Å²) >= 11 is 0. The molecule has 0 spiro atoms. The molecule has 0 bridgehead atoms. The van der Waals surface area contributed by atoms with Gasteiger partial charge in [-0.1, -0.05) is 12.1 Å². The smallest absolute Gasteiger partial charge is 0.229 e. The van der Waals surface area contributed by atoms with Crippen molar-refractivity contribution in [2.75, 3.05) is 27.4 Å². The Morgan fingerprint density at radius 1 is 0.750 bits per heavy atom. The molecule has 0 amide bonds. The Morgan fingerprint density at radius 2 is 1.41 bits per heavy atom. The highest BCUT2D eigenvalue weighted by Gasteiger charge is 2.51. The second-order valence-electron chi connectivity index (χ2n) is 10.3. The van der Waals surface area contributed by atoms with Gasteiger partial charge in [-0.05, 0) is 29.8 Å². The lowest BCUT2D eigenvalue weighted by Crippen LogP contribution is -2.65. The highest BCUT2D eigenvalue weighted by Crippen LogP contribution is 2.38. The average Bonchev–Trinajstić information content (AvgIpc) is 3.04. The molecule has 3 heterocycles. The van der Waals surface area contributed by atoms with Gasteiger partial charge in [0.15, 0.2) is 17.6 Å². The molecule has 2 aromatic carbocycles. The Balaban J connectivity index is 1.42. The van der Waals surface area contributed by atoms with Crippen LogP contribution in [0.2, 0.25) is 0 Å². The molecule has 15 heteroatoms. The molecule has 2 fully saturated rings. The standard InChI is InChI=1S/C29H34O15/c1-38-13-5-3-12(4-6-13)15-11-40-25-14(19(15)32)7-8-16(26(25)39-2)41-29-24(37)27(21(34)18(10-31)43-29)44-28-23(36)22(35)20(33)17(9-30)42-28/h3-8,11,17-18,20-24,27-31,33-37H,9-10H2,1-2H3/t17-,18-,20-,21-,22+,23+,24-,27+,28+,29-/m1/s1. The lowest BCUT2D eigenvalue weighted by atomic mass is 9.97. The van der Waals surface area contributed by atoms with Crippen molar-refractivity contribution in [2.45, 2.75) is 61.4 Å². The average molecular weight is 623 g/mol. The maximum atomic E-state index is 13.4. The largest absolute Gasteiger partial charge is 0.497 e. The van der Waals surface area contributed by atoms with E-state index in [2.05, 4.69) is 0 Å². The Labute approximate surface area is 249 Å². The Kier molecular flexibility index (Phi) is 9.71. The fourth-order valence-corrected chi connectivity index (χ4v) is 5.18. The lowest BCUT2D eigenvalue weighted by Gasteiger charge is -2.45. The van der Waals surface area contributed by atoms with Crippen LogP contribution >= 0.6 is 0 Å². The number of benzene rings is 2. The van der Waals surface area contributed by atoms with E-state index in [0.717, 1.165) is 0 Å². The van der Waals surface area contributed by atoms with Gasteiger partial charge >= 0.3 is 0 Å². The first kappa shape index (κ1) is 32.1. The maximum Gasteiger partial charge on any atom is 0.229 e.